The number of hydrogen-bond acceptors (Lipinski definition) is 4. The van der Waals surface area contributed by atoms with Gasteiger partial charge in [0.2, 0.25) is 5.95 Å². The van der Waals surface area contributed by atoms with Gasteiger partial charge >= 0.3 is 0 Å². The minimum atomic E-state index is 0.189. The Labute approximate surface area is 175 Å². The molecule has 1 atom stereocenters. The number of fused-ring (bicyclic) bond motifs is 1. The van der Waals surface area contributed by atoms with Crippen molar-refractivity contribution in [3.8, 4) is 0 Å². The molecule has 0 bridgehead atoms. The zero-order chi connectivity index (χ0) is 19.8. The fraction of sp³-hybridized carbons (Fsp3) is 0.273. The second kappa shape index (κ2) is 7.61. The number of nitrogens with zero attached hydrogens (tertiary/aromatic N) is 3. The smallest absolute Gasteiger partial charge is 0.229 e. The Morgan fingerprint density at radius 3 is 2.64 bits per heavy atom. The Hall–Kier alpha value is -2.30. The number of rotatable bonds is 3. The van der Waals surface area contributed by atoms with Crippen LogP contribution in [0.3, 0.4) is 0 Å². The maximum absolute atomic E-state index is 6.42. The predicted octanol–water partition coefficient (Wildman–Crippen LogP) is 6.27. The van der Waals surface area contributed by atoms with Crippen LogP contribution in [-0.4, -0.2) is 16.5 Å². The van der Waals surface area contributed by atoms with Crippen LogP contribution in [0, 0.1) is 13.8 Å². The van der Waals surface area contributed by atoms with Crippen molar-refractivity contribution in [2.24, 2.45) is 0 Å². The molecule has 2 aromatic carbocycles. The summed E-state index contributed by atoms with van der Waals surface area (Å²) in [5, 5.41) is 4.80. The maximum atomic E-state index is 6.42. The molecule has 144 valence electrons. The van der Waals surface area contributed by atoms with Gasteiger partial charge in [0.25, 0.3) is 0 Å². The largest absolute Gasteiger partial charge is 0.349 e. The van der Waals surface area contributed by atoms with E-state index < -0.39 is 0 Å². The van der Waals surface area contributed by atoms with E-state index in [1.165, 1.54) is 11.1 Å². The zero-order valence-corrected chi connectivity index (χ0v) is 17.6. The van der Waals surface area contributed by atoms with E-state index in [-0.39, 0.29) is 6.04 Å². The van der Waals surface area contributed by atoms with E-state index in [2.05, 4.69) is 35.1 Å². The molecule has 4 nitrogen and oxygen atoms in total. The van der Waals surface area contributed by atoms with Gasteiger partial charge < -0.3 is 10.2 Å². The van der Waals surface area contributed by atoms with Crippen molar-refractivity contribution in [3.05, 3.63) is 74.9 Å². The van der Waals surface area contributed by atoms with Gasteiger partial charge in [-0.1, -0.05) is 41.4 Å². The highest BCUT2D eigenvalue weighted by Crippen LogP contribution is 2.37. The van der Waals surface area contributed by atoms with Crippen molar-refractivity contribution < 1.29 is 0 Å². The Morgan fingerprint density at radius 1 is 1.07 bits per heavy atom. The van der Waals surface area contributed by atoms with Crippen LogP contribution >= 0.6 is 23.2 Å². The minimum Gasteiger partial charge on any atom is -0.349 e. The average molecular weight is 413 g/mol. The van der Waals surface area contributed by atoms with E-state index in [1.807, 2.05) is 43.3 Å². The summed E-state index contributed by atoms with van der Waals surface area (Å²) in [7, 11) is 0. The second-order valence-electron chi connectivity index (χ2n) is 7.14. The fourth-order valence-corrected chi connectivity index (χ4v) is 4.22. The zero-order valence-electron chi connectivity index (χ0n) is 16.1. The molecule has 1 N–H and O–H groups in total. The first-order valence-corrected chi connectivity index (χ1v) is 10.1. The van der Waals surface area contributed by atoms with Crippen LogP contribution in [0.2, 0.25) is 10.0 Å². The van der Waals surface area contributed by atoms with Crippen LogP contribution in [0.25, 0.3) is 0 Å². The summed E-state index contributed by atoms with van der Waals surface area (Å²) in [5.74, 6) is 1.53. The lowest BCUT2D eigenvalue weighted by atomic mass is 9.93. The van der Waals surface area contributed by atoms with Crippen molar-refractivity contribution in [1.29, 1.82) is 0 Å². The van der Waals surface area contributed by atoms with Gasteiger partial charge in [-0.15, -0.1) is 0 Å². The molecule has 0 spiro atoms. The van der Waals surface area contributed by atoms with Crippen LogP contribution in [0.4, 0.5) is 17.5 Å². The number of halogens is 2. The van der Waals surface area contributed by atoms with Gasteiger partial charge in [0.05, 0.1) is 6.04 Å². The second-order valence-corrected chi connectivity index (χ2v) is 7.99. The van der Waals surface area contributed by atoms with Crippen molar-refractivity contribution in [3.63, 3.8) is 0 Å². The first kappa shape index (κ1) is 19.0. The molecule has 0 radical (unpaired) electrons. The summed E-state index contributed by atoms with van der Waals surface area (Å²) in [5.41, 5.74) is 5.42. The number of aryl methyl sites for hydroxylation is 1. The van der Waals surface area contributed by atoms with Gasteiger partial charge in [-0.05, 0) is 62.6 Å². The van der Waals surface area contributed by atoms with E-state index in [0.717, 1.165) is 40.8 Å². The van der Waals surface area contributed by atoms with Crippen molar-refractivity contribution in [2.75, 3.05) is 16.8 Å². The first-order chi connectivity index (χ1) is 13.4. The molecular weight excluding hydrogens is 391 g/mol. The Kier molecular flexibility index (Phi) is 5.17. The molecule has 0 saturated heterocycles. The first-order valence-electron chi connectivity index (χ1n) is 9.36. The number of nitrogens with one attached hydrogen (secondary N) is 1. The summed E-state index contributed by atoms with van der Waals surface area (Å²) < 4.78 is 0. The van der Waals surface area contributed by atoms with Crippen LogP contribution in [0.5, 0.6) is 0 Å². The van der Waals surface area contributed by atoms with Crippen LogP contribution < -0.4 is 10.2 Å². The topological polar surface area (TPSA) is 41.1 Å². The molecule has 0 aliphatic carbocycles. The van der Waals surface area contributed by atoms with Gasteiger partial charge in [-0.2, -0.15) is 4.98 Å². The molecule has 1 unspecified atom stereocenters. The van der Waals surface area contributed by atoms with Gasteiger partial charge in [0, 0.05) is 33.5 Å². The van der Waals surface area contributed by atoms with E-state index in [1.54, 1.807) is 0 Å². The molecule has 0 amide bonds. The molecule has 2 heterocycles. The monoisotopic (exact) mass is 412 g/mol. The Bertz CT molecular complexity index is 1040. The molecule has 28 heavy (non-hydrogen) atoms. The van der Waals surface area contributed by atoms with Crippen molar-refractivity contribution in [1.82, 2.24) is 9.97 Å². The van der Waals surface area contributed by atoms with E-state index in [0.29, 0.717) is 11.0 Å². The molecule has 6 heteroatoms. The lowest BCUT2D eigenvalue weighted by Crippen LogP contribution is -2.35. The molecule has 1 aliphatic rings. The average Bonchev–Trinajstić information content (AvgIpc) is 2.66. The molecular formula is C22H22Cl2N4. The van der Waals surface area contributed by atoms with Crippen molar-refractivity contribution in [2.45, 2.75) is 33.2 Å². The van der Waals surface area contributed by atoms with E-state index in [9.17, 15) is 0 Å². The van der Waals surface area contributed by atoms with Gasteiger partial charge in [-0.25, -0.2) is 4.98 Å². The molecule has 1 aliphatic heterocycles. The fourth-order valence-electron chi connectivity index (χ4n) is 3.76. The highest BCUT2D eigenvalue weighted by Gasteiger charge is 2.28. The maximum Gasteiger partial charge on any atom is 0.229 e. The highest BCUT2D eigenvalue weighted by atomic mass is 35.5. The number of aromatic nitrogens is 2. The lowest BCUT2D eigenvalue weighted by molar-refractivity contribution is 0.614. The highest BCUT2D eigenvalue weighted by molar-refractivity contribution is 6.31. The summed E-state index contributed by atoms with van der Waals surface area (Å²) >= 11 is 12.5. The third kappa shape index (κ3) is 3.54. The lowest BCUT2D eigenvalue weighted by Gasteiger charge is -2.37. The number of benzene rings is 2. The van der Waals surface area contributed by atoms with Gasteiger partial charge in [0.1, 0.15) is 5.82 Å². The third-order valence-corrected chi connectivity index (χ3v) is 5.98. The van der Waals surface area contributed by atoms with Crippen LogP contribution in [0.1, 0.15) is 35.3 Å². The van der Waals surface area contributed by atoms with Crippen molar-refractivity contribution >= 4 is 40.7 Å². The number of anilines is 3. The molecule has 3 aromatic rings. The van der Waals surface area contributed by atoms with Gasteiger partial charge in [0.15, 0.2) is 0 Å². The summed E-state index contributed by atoms with van der Waals surface area (Å²) in [4.78, 5) is 11.8. The quantitative estimate of drug-likeness (QED) is 0.550. The summed E-state index contributed by atoms with van der Waals surface area (Å²) in [6.07, 6.45) is 0.902. The molecule has 1 aromatic heterocycles. The minimum absolute atomic E-state index is 0.189. The third-order valence-electron chi connectivity index (χ3n) is 5.39. The van der Waals surface area contributed by atoms with E-state index in [4.69, 9.17) is 28.2 Å². The Balaban J connectivity index is 1.71. The normalized spacial score (nSPS) is 16.0. The van der Waals surface area contributed by atoms with Crippen LogP contribution in [-0.2, 0) is 6.42 Å². The predicted molar refractivity (Wildman–Crippen MR) is 117 cm³/mol. The van der Waals surface area contributed by atoms with Crippen LogP contribution in [0.15, 0.2) is 42.5 Å². The molecule has 0 fully saturated rings. The molecule has 4 rings (SSSR count). The summed E-state index contributed by atoms with van der Waals surface area (Å²) in [6.45, 7) is 7.16. The SMILES string of the molecule is Cc1nc(Nc2cccc(Cl)c2)nc(N2CCc3c(Cl)cccc3C2C)c1C. The standard InChI is InChI=1S/C22H22Cl2N4/c1-13-14(2)25-22(26-17-7-4-6-16(23)12-17)27-21(13)28-11-10-19-18(15(28)3)8-5-9-20(19)24/h4-9,12,15H,10-11H2,1-3H3,(H,25,26,27). The molecule has 0 saturated carbocycles. The van der Waals surface area contributed by atoms with E-state index >= 15 is 0 Å². The van der Waals surface area contributed by atoms with Gasteiger partial charge in [-0.3, -0.25) is 0 Å². The Morgan fingerprint density at radius 2 is 1.86 bits per heavy atom. The number of hydrogen-bond donors (Lipinski definition) is 1. The summed E-state index contributed by atoms with van der Waals surface area (Å²) in [6, 6.07) is 13.9.